The van der Waals surface area contributed by atoms with Crippen LogP contribution in [0.3, 0.4) is 0 Å². The molecule has 0 spiro atoms. The predicted octanol–water partition coefficient (Wildman–Crippen LogP) is 1.10. The van der Waals surface area contributed by atoms with E-state index in [2.05, 4.69) is 5.32 Å². The minimum atomic E-state index is -4.62. The molecule has 0 radical (unpaired) electrons. The van der Waals surface area contributed by atoms with Crippen molar-refractivity contribution in [3.05, 3.63) is 34.2 Å². The van der Waals surface area contributed by atoms with Gasteiger partial charge >= 0.3 is 12.2 Å². The van der Waals surface area contributed by atoms with Crippen molar-refractivity contribution < 1.29 is 22.8 Å². The van der Waals surface area contributed by atoms with Crippen molar-refractivity contribution in [2.24, 2.45) is 0 Å². The van der Waals surface area contributed by atoms with Gasteiger partial charge in [-0.3, -0.25) is 14.9 Å². The molecule has 0 unspecified atom stereocenters. The van der Waals surface area contributed by atoms with E-state index < -0.39 is 35.8 Å². The van der Waals surface area contributed by atoms with Gasteiger partial charge < -0.3 is 9.88 Å². The molecule has 1 heterocycles. The molecule has 6 nitrogen and oxygen atoms in total. The van der Waals surface area contributed by atoms with E-state index in [9.17, 15) is 27.6 Å². The highest BCUT2D eigenvalue weighted by molar-refractivity contribution is 5.94. The minimum absolute atomic E-state index is 0.350. The summed E-state index contributed by atoms with van der Waals surface area (Å²) in [6.07, 6.45) is -3.43. The molecule has 0 aliphatic rings. The first-order valence-corrected chi connectivity index (χ1v) is 6.09. The zero-order chi connectivity index (χ0) is 16.0. The Morgan fingerprint density at radius 3 is 2.52 bits per heavy atom. The number of carbonyl (C=O) groups is 2. The van der Waals surface area contributed by atoms with Gasteiger partial charge in [0.25, 0.3) is 5.56 Å². The first-order chi connectivity index (χ1) is 9.74. The fourth-order valence-electron chi connectivity index (χ4n) is 1.43. The summed E-state index contributed by atoms with van der Waals surface area (Å²) in [7, 11) is 0. The average Bonchev–Trinajstić information content (AvgIpc) is 2.37. The van der Waals surface area contributed by atoms with Gasteiger partial charge in [0.1, 0.15) is 6.54 Å². The third-order valence-corrected chi connectivity index (χ3v) is 2.41. The molecule has 9 heteroatoms. The topological polar surface area (TPSA) is 80.2 Å². The van der Waals surface area contributed by atoms with Crippen LogP contribution < -0.4 is 16.2 Å². The average molecular weight is 305 g/mol. The highest BCUT2D eigenvalue weighted by Gasteiger charge is 2.31. The number of urea groups is 1. The van der Waals surface area contributed by atoms with Gasteiger partial charge in [-0.05, 0) is 12.5 Å². The van der Waals surface area contributed by atoms with Gasteiger partial charge in [-0.1, -0.05) is 6.92 Å². The lowest BCUT2D eigenvalue weighted by atomic mass is 10.3. The maximum atomic E-state index is 12.5. The summed E-state index contributed by atoms with van der Waals surface area (Å²) in [5.74, 6) is -0.884. The lowest BCUT2D eigenvalue weighted by Crippen LogP contribution is -2.42. The molecule has 0 saturated carbocycles. The monoisotopic (exact) mass is 305 g/mol. The maximum Gasteiger partial charge on any atom is 0.417 e. The third kappa shape index (κ3) is 5.28. The molecule has 0 aliphatic heterocycles. The van der Waals surface area contributed by atoms with Crippen LogP contribution in [-0.4, -0.2) is 23.1 Å². The Balaban J connectivity index is 2.76. The summed E-state index contributed by atoms with van der Waals surface area (Å²) in [5, 5.41) is 4.28. The summed E-state index contributed by atoms with van der Waals surface area (Å²) in [4.78, 5) is 34.1. The molecule has 0 atom stereocenters. The number of aromatic nitrogens is 1. The standard InChI is InChI=1S/C12H14F3N3O3/c1-2-5-16-11(21)17-9(19)7-18-6-8(12(13,14)15)3-4-10(18)20/h3-4,6H,2,5,7H2,1H3,(H2,16,17,19,21). The summed E-state index contributed by atoms with van der Waals surface area (Å²) >= 11 is 0. The second-order valence-corrected chi connectivity index (χ2v) is 4.19. The smallest absolute Gasteiger partial charge is 0.338 e. The zero-order valence-corrected chi connectivity index (χ0v) is 11.2. The van der Waals surface area contributed by atoms with E-state index in [0.29, 0.717) is 35.9 Å². The van der Waals surface area contributed by atoms with Crippen LogP contribution in [0.1, 0.15) is 18.9 Å². The number of rotatable bonds is 4. The number of imide groups is 1. The summed E-state index contributed by atoms with van der Waals surface area (Å²) in [5.41, 5.74) is -1.82. The molecule has 2 N–H and O–H groups in total. The highest BCUT2D eigenvalue weighted by atomic mass is 19.4. The molecule has 0 aliphatic carbocycles. The summed E-state index contributed by atoms with van der Waals surface area (Å²) < 4.78 is 38.1. The van der Waals surface area contributed by atoms with Crippen LogP contribution in [0.15, 0.2) is 23.1 Å². The number of nitrogens with zero attached hydrogens (tertiary/aromatic N) is 1. The molecule has 3 amide bonds. The Morgan fingerprint density at radius 1 is 1.29 bits per heavy atom. The van der Waals surface area contributed by atoms with E-state index in [0.717, 1.165) is 0 Å². The Bertz CT molecular complexity index is 581. The maximum absolute atomic E-state index is 12.5. The quantitative estimate of drug-likeness (QED) is 0.874. The van der Waals surface area contributed by atoms with Gasteiger partial charge in [0.15, 0.2) is 0 Å². The number of halogens is 3. The lowest BCUT2D eigenvalue weighted by Gasteiger charge is -2.10. The molecule has 21 heavy (non-hydrogen) atoms. The van der Waals surface area contributed by atoms with Crippen molar-refractivity contribution in [3.8, 4) is 0 Å². The van der Waals surface area contributed by atoms with Crippen LogP contribution in [0.4, 0.5) is 18.0 Å². The van der Waals surface area contributed by atoms with E-state index in [4.69, 9.17) is 0 Å². The number of hydrogen-bond acceptors (Lipinski definition) is 3. The predicted molar refractivity (Wildman–Crippen MR) is 67.5 cm³/mol. The van der Waals surface area contributed by atoms with Gasteiger partial charge in [0, 0.05) is 18.8 Å². The van der Waals surface area contributed by atoms with E-state index in [1.54, 1.807) is 0 Å². The molecule has 1 rings (SSSR count). The molecule has 0 fully saturated rings. The van der Waals surface area contributed by atoms with Crippen LogP contribution in [0.5, 0.6) is 0 Å². The molecule has 1 aromatic heterocycles. The molecule has 0 bridgehead atoms. The van der Waals surface area contributed by atoms with E-state index in [1.807, 2.05) is 12.2 Å². The van der Waals surface area contributed by atoms with Crippen LogP contribution in [0, 0.1) is 0 Å². The van der Waals surface area contributed by atoms with Crippen molar-refractivity contribution in [3.63, 3.8) is 0 Å². The van der Waals surface area contributed by atoms with Crippen molar-refractivity contribution >= 4 is 11.9 Å². The summed E-state index contributed by atoms with van der Waals surface area (Å²) in [6.45, 7) is 1.48. The van der Waals surface area contributed by atoms with Crippen molar-refractivity contribution in [1.29, 1.82) is 0 Å². The number of alkyl halides is 3. The minimum Gasteiger partial charge on any atom is -0.338 e. The fraction of sp³-hybridized carbons (Fsp3) is 0.417. The van der Waals surface area contributed by atoms with E-state index in [-0.39, 0.29) is 0 Å². The summed E-state index contributed by atoms with van der Waals surface area (Å²) in [6, 6.07) is 0.583. The van der Waals surface area contributed by atoms with Crippen molar-refractivity contribution in [2.45, 2.75) is 26.1 Å². The van der Waals surface area contributed by atoms with Crippen molar-refractivity contribution in [1.82, 2.24) is 15.2 Å². The Morgan fingerprint density at radius 2 is 1.95 bits per heavy atom. The van der Waals surface area contributed by atoms with Crippen LogP contribution in [0.25, 0.3) is 0 Å². The van der Waals surface area contributed by atoms with E-state index in [1.165, 1.54) is 0 Å². The number of pyridine rings is 1. The molecule has 0 saturated heterocycles. The number of amides is 3. The van der Waals surface area contributed by atoms with Crippen molar-refractivity contribution in [2.75, 3.05) is 6.54 Å². The van der Waals surface area contributed by atoms with Gasteiger partial charge in [-0.15, -0.1) is 0 Å². The zero-order valence-electron chi connectivity index (χ0n) is 11.2. The largest absolute Gasteiger partial charge is 0.417 e. The Hall–Kier alpha value is -2.32. The highest BCUT2D eigenvalue weighted by Crippen LogP contribution is 2.27. The van der Waals surface area contributed by atoms with Crippen LogP contribution >= 0.6 is 0 Å². The molecule has 1 aromatic rings. The van der Waals surface area contributed by atoms with Gasteiger partial charge in [-0.25, -0.2) is 4.79 Å². The molecule has 0 aromatic carbocycles. The first kappa shape index (κ1) is 16.7. The van der Waals surface area contributed by atoms with Gasteiger partial charge in [0.05, 0.1) is 5.56 Å². The third-order valence-electron chi connectivity index (χ3n) is 2.41. The SMILES string of the molecule is CCCNC(=O)NC(=O)Cn1cc(C(F)(F)F)ccc1=O. The van der Waals surface area contributed by atoms with E-state index >= 15 is 0 Å². The van der Waals surface area contributed by atoms with Crippen LogP contribution in [0.2, 0.25) is 0 Å². The lowest BCUT2D eigenvalue weighted by molar-refractivity contribution is -0.138. The molecular formula is C12H14F3N3O3. The second-order valence-electron chi connectivity index (χ2n) is 4.19. The number of carbonyl (C=O) groups excluding carboxylic acids is 2. The van der Waals surface area contributed by atoms with Gasteiger partial charge in [0.2, 0.25) is 5.91 Å². The van der Waals surface area contributed by atoms with Crippen LogP contribution in [-0.2, 0) is 17.5 Å². The normalized spacial score (nSPS) is 11.0. The number of hydrogen-bond donors (Lipinski definition) is 2. The Labute approximate surface area is 117 Å². The molecule has 116 valence electrons. The fourth-order valence-corrected chi connectivity index (χ4v) is 1.43. The first-order valence-electron chi connectivity index (χ1n) is 6.09. The van der Waals surface area contributed by atoms with Gasteiger partial charge in [-0.2, -0.15) is 13.2 Å². The molecular weight excluding hydrogens is 291 g/mol. The number of nitrogens with one attached hydrogen (secondary N) is 2. The Kier molecular flexibility index (Phi) is 5.51. The second kappa shape index (κ2) is 6.91.